The smallest absolute Gasteiger partial charge is 0.273 e. The van der Waals surface area contributed by atoms with Crippen LogP contribution in [0.15, 0.2) is 72.8 Å². The van der Waals surface area contributed by atoms with E-state index in [2.05, 4.69) is 5.43 Å². The van der Waals surface area contributed by atoms with Crippen molar-refractivity contribution in [2.24, 2.45) is 0 Å². The van der Waals surface area contributed by atoms with Gasteiger partial charge in [0, 0.05) is 0 Å². The molecule has 0 radical (unpaired) electrons. The van der Waals surface area contributed by atoms with Crippen molar-refractivity contribution in [3.05, 3.63) is 83.9 Å². The number of nitrogens with one attached hydrogen (secondary N) is 1. The number of para-hydroxylation sites is 1. The second-order valence-corrected chi connectivity index (χ2v) is 6.23. The molecular weight excluding hydrogens is 368 g/mol. The highest BCUT2D eigenvalue weighted by molar-refractivity contribution is 5.99. The molecule has 0 heterocycles. The van der Waals surface area contributed by atoms with Gasteiger partial charge in [0.2, 0.25) is 5.75 Å². The first-order chi connectivity index (χ1) is 14.2. The number of amides is 1. The molecule has 0 aliphatic heterocycles. The second kappa shape index (κ2) is 9.50. The van der Waals surface area contributed by atoms with E-state index in [0.717, 1.165) is 11.3 Å². The Bertz CT molecular complexity index is 946. The molecule has 3 aromatic carbocycles. The fourth-order valence-corrected chi connectivity index (χ4v) is 3.03. The van der Waals surface area contributed by atoms with Gasteiger partial charge in [-0.05, 0) is 29.8 Å². The van der Waals surface area contributed by atoms with E-state index < -0.39 is 0 Å². The molecule has 3 rings (SSSR count). The molecule has 3 aromatic rings. The molecule has 150 valence electrons. The van der Waals surface area contributed by atoms with Crippen LogP contribution in [-0.2, 0) is 6.54 Å². The van der Waals surface area contributed by atoms with Crippen LogP contribution in [0, 0.1) is 0 Å². The van der Waals surface area contributed by atoms with Crippen molar-refractivity contribution in [2.75, 3.05) is 26.3 Å². The summed E-state index contributed by atoms with van der Waals surface area (Å²) in [6, 6.07) is 22.9. The normalized spacial score (nSPS) is 10.2. The highest BCUT2D eigenvalue weighted by atomic mass is 16.5. The number of hydrogen-bond acceptors (Lipinski definition) is 5. The van der Waals surface area contributed by atoms with Crippen molar-refractivity contribution in [3.8, 4) is 17.2 Å². The number of hydrazine groups is 1. The summed E-state index contributed by atoms with van der Waals surface area (Å²) in [5, 5.41) is 1.80. The minimum Gasteiger partial charge on any atom is -0.493 e. The first-order valence-electron chi connectivity index (χ1n) is 9.14. The molecule has 29 heavy (non-hydrogen) atoms. The topological polar surface area (TPSA) is 60.0 Å². The molecule has 0 aliphatic rings. The summed E-state index contributed by atoms with van der Waals surface area (Å²) >= 11 is 0. The quantitative estimate of drug-likeness (QED) is 0.586. The molecule has 6 heteroatoms. The van der Waals surface area contributed by atoms with E-state index in [1.165, 1.54) is 21.3 Å². The molecule has 1 N–H and O–H groups in total. The maximum atomic E-state index is 13.1. The van der Waals surface area contributed by atoms with Crippen molar-refractivity contribution >= 4 is 11.6 Å². The van der Waals surface area contributed by atoms with Crippen LogP contribution in [0.1, 0.15) is 15.9 Å². The Kier molecular flexibility index (Phi) is 6.58. The monoisotopic (exact) mass is 392 g/mol. The number of ether oxygens (including phenoxy) is 3. The summed E-state index contributed by atoms with van der Waals surface area (Å²) in [6.07, 6.45) is 0. The molecule has 6 nitrogen and oxygen atoms in total. The summed E-state index contributed by atoms with van der Waals surface area (Å²) in [5.41, 5.74) is 5.26. The number of carbonyl (C=O) groups excluding carboxylic acids is 1. The molecule has 0 unspecified atom stereocenters. The van der Waals surface area contributed by atoms with Gasteiger partial charge in [0.15, 0.2) is 11.5 Å². The molecule has 0 spiro atoms. The highest BCUT2D eigenvalue weighted by Gasteiger charge is 2.22. The van der Waals surface area contributed by atoms with Crippen molar-refractivity contribution in [2.45, 2.75) is 6.54 Å². The van der Waals surface area contributed by atoms with Crippen LogP contribution in [-0.4, -0.2) is 27.2 Å². The zero-order valence-corrected chi connectivity index (χ0v) is 16.7. The first kappa shape index (κ1) is 20.1. The highest BCUT2D eigenvalue weighted by Crippen LogP contribution is 2.39. The first-order valence-corrected chi connectivity index (χ1v) is 9.14. The number of benzene rings is 3. The molecule has 0 saturated carbocycles. The van der Waals surface area contributed by atoms with Gasteiger partial charge < -0.3 is 14.2 Å². The third-order valence-electron chi connectivity index (χ3n) is 4.44. The van der Waals surface area contributed by atoms with Crippen molar-refractivity contribution in [1.29, 1.82) is 0 Å². The van der Waals surface area contributed by atoms with Gasteiger partial charge in [-0.15, -0.1) is 0 Å². The van der Waals surface area contributed by atoms with E-state index in [9.17, 15) is 4.79 Å². The molecule has 0 saturated heterocycles. The molecule has 0 aromatic heterocycles. The lowest BCUT2D eigenvalue weighted by Crippen LogP contribution is -2.42. The van der Waals surface area contributed by atoms with Crippen LogP contribution in [0.2, 0.25) is 0 Å². The maximum absolute atomic E-state index is 13.1. The van der Waals surface area contributed by atoms with Crippen LogP contribution in [0.4, 0.5) is 5.69 Å². The Morgan fingerprint density at radius 1 is 0.793 bits per heavy atom. The average Bonchev–Trinajstić information content (AvgIpc) is 2.78. The van der Waals surface area contributed by atoms with Gasteiger partial charge in [-0.2, -0.15) is 0 Å². The second-order valence-electron chi connectivity index (χ2n) is 6.23. The minimum absolute atomic E-state index is 0.317. The Hall–Kier alpha value is -3.67. The van der Waals surface area contributed by atoms with Crippen molar-refractivity contribution in [3.63, 3.8) is 0 Å². The Balaban J connectivity index is 1.92. The van der Waals surface area contributed by atoms with Crippen LogP contribution in [0.3, 0.4) is 0 Å². The minimum atomic E-state index is -0.317. The van der Waals surface area contributed by atoms with Crippen molar-refractivity contribution in [1.82, 2.24) is 5.43 Å². The fourth-order valence-electron chi connectivity index (χ4n) is 3.03. The molecule has 0 atom stereocenters. The van der Waals surface area contributed by atoms with Gasteiger partial charge >= 0.3 is 0 Å². The van der Waals surface area contributed by atoms with Gasteiger partial charge in [0.25, 0.3) is 5.91 Å². The van der Waals surface area contributed by atoms with Gasteiger partial charge in [0.1, 0.15) is 0 Å². The Morgan fingerprint density at radius 2 is 1.41 bits per heavy atom. The van der Waals surface area contributed by atoms with E-state index in [1.54, 1.807) is 17.1 Å². The molecular formula is C23H24N2O4. The lowest BCUT2D eigenvalue weighted by atomic mass is 10.1. The zero-order chi connectivity index (χ0) is 20.6. The summed E-state index contributed by atoms with van der Waals surface area (Å²) in [6.45, 7) is 0.506. The summed E-state index contributed by atoms with van der Waals surface area (Å²) in [7, 11) is 4.54. The number of rotatable bonds is 8. The molecule has 0 aliphatic carbocycles. The fraction of sp³-hybridized carbons (Fsp3) is 0.174. The third-order valence-corrected chi connectivity index (χ3v) is 4.44. The van der Waals surface area contributed by atoms with Crippen LogP contribution in [0.25, 0.3) is 0 Å². The standard InChI is InChI=1S/C23H24N2O4/c1-27-20-15-14-19(21(28-2)22(20)29-3)23(26)24-25(18-12-8-5-9-13-18)16-17-10-6-4-7-11-17/h4-15H,16H2,1-3H3,(H,24,26). The average molecular weight is 392 g/mol. The zero-order valence-electron chi connectivity index (χ0n) is 16.7. The van der Waals surface area contributed by atoms with E-state index in [1.807, 2.05) is 60.7 Å². The summed E-state index contributed by atoms with van der Waals surface area (Å²) in [5.74, 6) is 0.863. The third kappa shape index (κ3) is 4.60. The summed E-state index contributed by atoms with van der Waals surface area (Å²) in [4.78, 5) is 13.1. The van der Waals surface area contributed by atoms with Gasteiger partial charge in [-0.25, -0.2) is 0 Å². The Labute approximate surface area is 170 Å². The number of anilines is 1. The maximum Gasteiger partial charge on any atom is 0.273 e. The van der Waals surface area contributed by atoms with Gasteiger partial charge in [-0.1, -0.05) is 48.5 Å². The van der Waals surface area contributed by atoms with Gasteiger partial charge in [0.05, 0.1) is 39.1 Å². The summed E-state index contributed by atoms with van der Waals surface area (Å²) < 4.78 is 16.1. The van der Waals surface area contributed by atoms with E-state index in [-0.39, 0.29) is 5.91 Å². The van der Waals surface area contributed by atoms with Crippen LogP contribution >= 0.6 is 0 Å². The van der Waals surface area contributed by atoms with Crippen LogP contribution in [0.5, 0.6) is 17.2 Å². The molecule has 1 amide bonds. The SMILES string of the molecule is COc1ccc(C(=O)NN(Cc2ccccc2)c2ccccc2)c(OC)c1OC. The number of nitrogens with zero attached hydrogens (tertiary/aromatic N) is 1. The number of methoxy groups -OCH3 is 3. The largest absolute Gasteiger partial charge is 0.493 e. The lowest BCUT2D eigenvalue weighted by molar-refractivity contribution is 0.0944. The molecule has 0 fully saturated rings. The van der Waals surface area contributed by atoms with Crippen molar-refractivity contribution < 1.29 is 19.0 Å². The van der Waals surface area contributed by atoms with E-state index in [4.69, 9.17) is 14.2 Å². The predicted octanol–water partition coefficient (Wildman–Crippen LogP) is 4.06. The number of carbonyl (C=O) groups is 1. The molecule has 0 bridgehead atoms. The lowest BCUT2D eigenvalue weighted by Gasteiger charge is -2.26. The van der Waals surface area contributed by atoms with E-state index >= 15 is 0 Å². The van der Waals surface area contributed by atoms with Crippen LogP contribution < -0.4 is 24.6 Å². The van der Waals surface area contributed by atoms with Gasteiger partial charge in [-0.3, -0.25) is 15.2 Å². The predicted molar refractivity (Wildman–Crippen MR) is 113 cm³/mol. The Morgan fingerprint density at radius 3 is 2.00 bits per heavy atom. The van der Waals surface area contributed by atoms with E-state index in [0.29, 0.717) is 29.4 Å². The number of hydrogen-bond donors (Lipinski definition) is 1.